The van der Waals surface area contributed by atoms with Gasteiger partial charge in [0.15, 0.2) is 0 Å². The zero-order valence-electron chi connectivity index (χ0n) is 36.6. The summed E-state index contributed by atoms with van der Waals surface area (Å²) in [6.45, 7) is 4.76. The number of amidine groups is 1. The Balaban J connectivity index is 0.934. The molecule has 2 aliphatic heterocycles. The molecular weight excluding hydrogens is 805 g/mol. The van der Waals surface area contributed by atoms with E-state index < -0.39 is 5.41 Å². The second-order valence-corrected chi connectivity index (χ2v) is 18.7. The molecule has 1 aromatic heterocycles. The minimum Gasteiger partial charge on any atom is -0.457 e. The molecule has 10 aromatic rings. The van der Waals surface area contributed by atoms with Crippen LogP contribution in [0.15, 0.2) is 211 Å². The first-order valence-electron chi connectivity index (χ1n) is 23.0. The smallest absolute Gasteiger partial charge is 0.132 e. The van der Waals surface area contributed by atoms with E-state index in [0.29, 0.717) is 0 Å². The summed E-state index contributed by atoms with van der Waals surface area (Å²) in [6.07, 6.45) is -0.561. The lowest BCUT2D eigenvalue weighted by atomic mass is 9.66. The predicted octanol–water partition coefficient (Wildman–Crippen LogP) is 13.9. The summed E-state index contributed by atoms with van der Waals surface area (Å²) in [5.74, 6) is 2.62. The standard InChI is InChI=1S/C61H44N4O/c1-60(2)47-24-9-6-22-42(47)45-33-34-46-44-23-8-13-28-52(44)65(56(46)55(45)60)40-20-16-19-38(35-40)58-62-57(37-17-4-3-5-18-37)63-59(64-58)39-31-32-43-41-21-7-10-25-48(41)61(51(43)36-39)49-26-11-14-29-53(49)66-54-30-15-12-27-50(54)61/h3-36,57,59,63H,1-2H3,(H,62,64). The molecule has 2 atom stereocenters. The van der Waals surface area contributed by atoms with Gasteiger partial charge in [-0.2, -0.15) is 0 Å². The lowest BCUT2D eigenvalue weighted by molar-refractivity contribution is 0.408. The van der Waals surface area contributed by atoms with Crippen LogP contribution in [0.25, 0.3) is 49.7 Å². The molecule has 1 spiro atoms. The summed E-state index contributed by atoms with van der Waals surface area (Å²) in [4.78, 5) is 5.47. The highest BCUT2D eigenvalue weighted by Crippen LogP contribution is 2.62. The fraction of sp³-hybridized carbons (Fsp3) is 0.0984. The molecule has 0 bridgehead atoms. The number of para-hydroxylation sites is 3. The van der Waals surface area contributed by atoms with Crippen LogP contribution in [0.4, 0.5) is 0 Å². The average molecular weight is 849 g/mol. The zero-order valence-corrected chi connectivity index (χ0v) is 36.6. The Morgan fingerprint density at radius 2 is 1.14 bits per heavy atom. The van der Waals surface area contributed by atoms with Gasteiger partial charge in [-0.05, 0) is 86.0 Å². The van der Waals surface area contributed by atoms with Crippen LogP contribution in [0.3, 0.4) is 0 Å². The van der Waals surface area contributed by atoms with Crippen LogP contribution < -0.4 is 15.4 Å². The van der Waals surface area contributed by atoms with Gasteiger partial charge in [-0.15, -0.1) is 0 Å². The Labute approximate surface area is 383 Å². The lowest BCUT2D eigenvalue weighted by Crippen LogP contribution is -2.45. The van der Waals surface area contributed by atoms with Crippen molar-refractivity contribution in [2.24, 2.45) is 4.99 Å². The second kappa shape index (κ2) is 13.8. The number of aromatic nitrogens is 1. The minimum atomic E-state index is -0.565. The monoisotopic (exact) mass is 848 g/mol. The van der Waals surface area contributed by atoms with Gasteiger partial charge in [-0.25, -0.2) is 4.99 Å². The Kier molecular flexibility index (Phi) is 7.80. The average Bonchev–Trinajstić information content (AvgIpc) is 3.95. The number of ether oxygens (including phenoxy) is 1. The van der Waals surface area contributed by atoms with Crippen molar-refractivity contribution in [3.63, 3.8) is 0 Å². The summed E-state index contributed by atoms with van der Waals surface area (Å²) in [5, 5.41) is 10.4. The number of hydrogen-bond donors (Lipinski definition) is 2. The summed E-state index contributed by atoms with van der Waals surface area (Å²) in [7, 11) is 0. The first-order valence-corrected chi connectivity index (χ1v) is 23.0. The van der Waals surface area contributed by atoms with Crippen molar-refractivity contribution in [3.05, 3.63) is 256 Å². The molecule has 66 heavy (non-hydrogen) atoms. The first kappa shape index (κ1) is 37.4. The molecule has 3 heterocycles. The molecule has 14 rings (SSSR count). The molecule has 4 aliphatic rings. The van der Waals surface area contributed by atoms with E-state index >= 15 is 0 Å². The largest absolute Gasteiger partial charge is 0.457 e. The zero-order chi connectivity index (χ0) is 43.7. The van der Waals surface area contributed by atoms with Gasteiger partial charge < -0.3 is 14.6 Å². The molecule has 5 heteroatoms. The van der Waals surface area contributed by atoms with Crippen LogP contribution in [0.5, 0.6) is 11.5 Å². The predicted molar refractivity (Wildman–Crippen MR) is 267 cm³/mol. The van der Waals surface area contributed by atoms with Crippen LogP contribution in [0.2, 0.25) is 0 Å². The van der Waals surface area contributed by atoms with E-state index in [1.165, 1.54) is 66.3 Å². The van der Waals surface area contributed by atoms with Crippen molar-refractivity contribution in [2.45, 2.75) is 37.0 Å². The van der Waals surface area contributed by atoms with Crippen LogP contribution in [0, 0.1) is 0 Å². The number of hydrogen-bond acceptors (Lipinski definition) is 4. The fourth-order valence-corrected chi connectivity index (χ4v) is 12.1. The van der Waals surface area contributed by atoms with Crippen molar-refractivity contribution in [2.75, 3.05) is 0 Å². The van der Waals surface area contributed by atoms with Gasteiger partial charge in [-0.1, -0.05) is 190 Å². The molecule has 314 valence electrons. The van der Waals surface area contributed by atoms with E-state index in [0.717, 1.165) is 50.8 Å². The topological polar surface area (TPSA) is 50.6 Å². The van der Waals surface area contributed by atoms with E-state index in [2.05, 4.69) is 235 Å². The molecule has 2 N–H and O–H groups in total. The molecule has 2 aliphatic carbocycles. The Hall–Kier alpha value is -7.99. The molecule has 0 radical (unpaired) electrons. The number of benzene rings is 9. The van der Waals surface area contributed by atoms with Crippen molar-refractivity contribution in [1.82, 2.24) is 15.2 Å². The summed E-state index contributed by atoms with van der Waals surface area (Å²) in [6, 6.07) is 75.1. The maximum absolute atomic E-state index is 6.66. The third-order valence-corrected chi connectivity index (χ3v) is 14.9. The van der Waals surface area contributed by atoms with Crippen molar-refractivity contribution in [3.8, 4) is 39.4 Å². The number of nitrogens with one attached hydrogen (secondary N) is 2. The van der Waals surface area contributed by atoms with Crippen LogP contribution >= 0.6 is 0 Å². The molecule has 0 saturated carbocycles. The number of aliphatic imine (C=N–C) groups is 1. The normalized spacial score (nSPS) is 17.8. The first-order chi connectivity index (χ1) is 32.5. The third kappa shape index (κ3) is 5.06. The Morgan fingerprint density at radius 1 is 0.500 bits per heavy atom. The molecule has 0 saturated heterocycles. The van der Waals surface area contributed by atoms with Crippen molar-refractivity contribution < 1.29 is 4.74 Å². The SMILES string of the molecule is CC1(C)c2ccccc2-c2ccc3c4ccccc4n(-c4cccc(C5=NC(c6ccccc6)NC(c6ccc7c(c6)C6(c8ccccc8Oc8ccccc86)c6ccccc6-7)N5)c4)c3c21. The molecule has 0 amide bonds. The highest BCUT2D eigenvalue weighted by molar-refractivity contribution is 6.13. The summed E-state index contributed by atoms with van der Waals surface area (Å²) >= 11 is 0. The van der Waals surface area contributed by atoms with Gasteiger partial charge >= 0.3 is 0 Å². The van der Waals surface area contributed by atoms with Crippen LogP contribution in [-0.4, -0.2) is 10.4 Å². The van der Waals surface area contributed by atoms with Crippen LogP contribution in [0.1, 0.15) is 76.3 Å². The Bertz CT molecular complexity index is 3650. The van der Waals surface area contributed by atoms with Gasteiger partial charge in [-0.3, -0.25) is 5.32 Å². The van der Waals surface area contributed by atoms with E-state index in [1.54, 1.807) is 0 Å². The van der Waals surface area contributed by atoms with E-state index in [1.807, 2.05) is 0 Å². The molecule has 9 aromatic carbocycles. The van der Waals surface area contributed by atoms with E-state index in [-0.39, 0.29) is 17.7 Å². The minimum absolute atomic E-state index is 0.184. The number of fused-ring (bicyclic) bond motifs is 16. The summed E-state index contributed by atoms with van der Waals surface area (Å²) in [5.41, 5.74) is 18.8. The fourth-order valence-electron chi connectivity index (χ4n) is 12.1. The van der Waals surface area contributed by atoms with Gasteiger partial charge in [0.05, 0.1) is 16.4 Å². The second-order valence-electron chi connectivity index (χ2n) is 18.7. The molecule has 5 nitrogen and oxygen atoms in total. The third-order valence-electron chi connectivity index (χ3n) is 14.9. The molecule has 2 unspecified atom stereocenters. The van der Waals surface area contributed by atoms with Gasteiger partial charge in [0.1, 0.15) is 29.7 Å². The number of rotatable bonds is 4. The Morgan fingerprint density at radius 3 is 1.92 bits per heavy atom. The van der Waals surface area contributed by atoms with Gasteiger partial charge in [0.25, 0.3) is 0 Å². The lowest BCUT2D eigenvalue weighted by Gasteiger charge is -2.39. The van der Waals surface area contributed by atoms with Gasteiger partial charge in [0.2, 0.25) is 0 Å². The van der Waals surface area contributed by atoms with Gasteiger partial charge in [0, 0.05) is 38.6 Å². The maximum Gasteiger partial charge on any atom is 0.132 e. The van der Waals surface area contributed by atoms with Crippen molar-refractivity contribution in [1.29, 1.82) is 0 Å². The maximum atomic E-state index is 6.66. The highest BCUT2D eigenvalue weighted by Gasteiger charge is 2.51. The van der Waals surface area contributed by atoms with E-state index in [9.17, 15) is 0 Å². The molecule has 0 fully saturated rings. The molecular formula is C61H44N4O. The van der Waals surface area contributed by atoms with Crippen molar-refractivity contribution >= 4 is 27.6 Å². The van der Waals surface area contributed by atoms with Crippen LogP contribution in [-0.2, 0) is 10.8 Å². The number of nitrogens with zero attached hydrogens (tertiary/aromatic N) is 2. The van der Waals surface area contributed by atoms with E-state index in [4.69, 9.17) is 9.73 Å². The summed E-state index contributed by atoms with van der Waals surface area (Å²) < 4.78 is 9.15. The quantitative estimate of drug-likeness (QED) is 0.185. The highest BCUT2D eigenvalue weighted by atomic mass is 16.5.